The summed E-state index contributed by atoms with van der Waals surface area (Å²) >= 11 is 0. The number of hydrogen-bond acceptors (Lipinski definition) is 2. The van der Waals surface area contributed by atoms with Crippen molar-refractivity contribution in [2.24, 2.45) is 5.92 Å². The molecule has 148 valence electrons. The summed E-state index contributed by atoms with van der Waals surface area (Å²) in [6.07, 6.45) is 2.19. The number of aryl methyl sites for hydroxylation is 1. The van der Waals surface area contributed by atoms with Crippen LogP contribution in [0.5, 0.6) is 0 Å². The van der Waals surface area contributed by atoms with Crippen molar-refractivity contribution >= 4 is 34.0 Å². The molecule has 0 bridgehead atoms. The van der Waals surface area contributed by atoms with E-state index in [1.807, 2.05) is 61.2 Å². The zero-order valence-corrected chi connectivity index (χ0v) is 16.9. The summed E-state index contributed by atoms with van der Waals surface area (Å²) in [5.41, 5.74) is 3.90. The summed E-state index contributed by atoms with van der Waals surface area (Å²) in [6.45, 7) is 4.62. The van der Waals surface area contributed by atoms with E-state index in [9.17, 15) is 9.59 Å². The predicted octanol–water partition coefficient (Wildman–Crippen LogP) is 4.96. The molecule has 0 saturated heterocycles. The quantitative estimate of drug-likeness (QED) is 0.689. The van der Waals surface area contributed by atoms with Gasteiger partial charge in [-0.1, -0.05) is 56.3 Å². The van der Waals surface area contributed by atoms with Gasteiger partial charge < -0.3 is 10.2 Å². The maximum absolute atomic E-state index is 12.7. The van der Waals surface area contributed by atoms with Crippen LogP contribution in [0.3, 0.4) is 0 Å². The second-order valence-corrected chi connectivity index (χ2v) is 7.95. The van der Waals surface area contributed by atoms with Crippen LogP contribution in [0, 0.1) is 5.92 Å². The van der Waals surface area contributed by atoms with E-state index in [0.29, 0.717) is 6.42 Å². The molecule has 0 unspecified atom stereocenters. The Morgan fingerprint density at radius 2 is 1.83 bits per heavy atom. The molecule has 1 N–H and O–H groups in total. The van der Waals surface area contributed by atoms with Crippen LogP contribution in [0.4, 0.5) is 11.4 Å². The van der Waals surface area contributed by atoms with E-state index in [4.69, 9.17) is 0 Å². The van der Waals surface area contributed by atoms with Gasteiger partial charge in [-0.05, 0) is 52.9 Å². The average Bonchev–Trinajstić information content (AvgIpc) is 2.72. The number of anilines is 2. The molecule has 3 aromatic carbocycles. The van der Waals surface area contributed by atoms with Crippen molar-refractivity contribution in [3.8, 4) is 0 Å². The molecule has 4 nitrogen and oxygen atoms in total. The number of benzene rings is 3. The fraction of sp³-hybridized carbons (Fsp3) is 0.280. The van der Waals surface area contributed by atoms with Crippen molar-refractivity contribution in [3.05, 3.63) is 71.8 Å². The molecule has 29 heavy (non-hydrogen) atoms. The smallest absolute Gasteiger partial charge is 0.229 e. The molecule has 0 fully saturated rings. The average molecular weight is 386 g/mol. The standard InChI is InChI=1S/C25H26N2O2/c1-17(2)25(29)27-14-6-10-20-15-21(12-13-23(20)27)26-24(28)16-19-9-5-8-18-7-3-4-11-22(18)19/h3-5,7-9,11-13,15,17H,6,10,14,16H2,1-2H3,(H,26,28). The van der Waals surface area contributed by atoms with Crippen LogP contribution in [0.15, 0.2) is 60.7 Å². The Balaban J connectivity index is 1.51. The van der Waals surface area contributed by atoms with Crippen molar-refractivity contribution in [2.45, 2.75) is 33.1 Å². The highest BCUT2D eigenvalue weighted by molar-refractivity contribution is 5.98. The Hall–Kier alpha value is -3.14. The highest BCUT2D eigenvalue weighted by Crippen LogP contribution is 2.31. The van der Waals surface area contributed by atoms with Crippen LogP contribution in [-0.4, -0.2) is 18.4 Å². The molecule has 2 amide bonds. The fourth-order valence-corrected chi connectivity index (χ4v) is 4.04. The van der Waals surface area contributed by atoms with E-state index >= 15 is 0 Å². The number of amides is 2. The van der Waals surface area contributed by atoms with Gasteiger partial charge in [0, 0.05) is 23.8 Å². The first-order valence-electron chi connectivity index (χ1n) is 10.2. The van der Waals surface area contributed by atoms with Gasteiger partial charge in [0.25, 0.3) is 0 Å². The van der Waals surface area contributed by atoms with Crippen molar-refractivity contribution in [1.29, 1.82) is 0 Å². The minimum atomic E-state index is -0.0350. The third-order valence-electron chi connectivity index (χ3n) is 5.47. The molecule has 3 aromatic rings. The zero-order chi connectivity index (χ0) is 20.4. The summed E-state index contributed by atoms with van der Waals surface area (Å²) < 4.78 is 0. The van der Waals surface area contributed by atoms with Crippen molar-refractivity contribution in [3.63, 3.8) is 0 Å². The van der Waals surface area contributed by atoms with Crippen molar-refractivity contribution < 1.29 is 9.59 Å². The third kappa shape index (κ3) is 4.02. The Kier molecular flexibility index (Phi) is 5.34. The number of hydrogen-bond donors (Lipinski definition) is 1. The number of nitrogens with one attached hydrogen (secondary N) is 1. The lowest BCUT2D eigenvalue weighted by Crippen LogP contribution is -2.38. The molecule has 4 rings (SSSR count). The third-order valence-corrected chi connectivity index (χ3v) is 5.47. The Morgan fingerprint density at radius 3 is 2.66 bits per heavy atom. The first-order chi connectivity index (χ1) is 14.0. The van der Waals surface area contributed by atoms with Crippen LogP contribution in [0.2, 0.25) is 0 Å². The molecule has 0 radical (unpaired) electrons. The van der Waals surface area contributed by atoms with Gasteiger partial charge in [-0.2, -0.15) is 0 Å². The monoisotopic (exact) mass is 386 g/mol. The van der Waals surface area contributed by atoms with Crippen molar-refractivity contribution in [1.82, 2.24) is 0 Å². The van der Waals surface area contributed by atoms with Gasteiger partial charge in [-0.3, -0.25) is 9.59 Å². The fourth-order valence-electron chi connectivity index (χ4n) is 4.04. The van der Waals surface area contributed by atoms with E-state index in [1.165, 1.54) is 0 Å². The molecular formula is C25H26N2O2. The Bertz CT molecular complexity index is 1070. The molecule has 0 aliphatic carbocycles. The summed E-state index contributed by atoms with van der Waals surface area (Å²) in [5.74, 6) is 0.0898. The van der Waals surface area contributed by atoms with Gasteiger partial charge >= 0.3 is 0 Å². The summed E-state index contributed by atoms with van der Waals surface area (Å²) in [5, 5.41) is 5.28. The molecule has 0 saturated carbocycles. The lowest BCUT2D eigenvalue weighted by Gasteiger charge is -2.31. The second-order valence-electron chi connectivity index (χ2n) is 7.95. The van der Waals surface area contributed by atoms with E-state index in [0.717, 1.165) is 52.7 Å². The number of nitrogens with zero attached hydrogens (tertiary/aromatic N) is 1. The summed E-state index contributed by atoms with van der Waals surface area (Å²) in [4.78, 5) is 27.0. The largest absolute Gasteiger partial charge is 0.326 e. The topological polar surface area (TPSA) is 49.4 Å². The molecule has 1 aliphatic rings. The molecule has 0 atom stereocenters. The van der Waals surface area contributed by atoms with E-state index in [1.54, 1.807) is 0 Å². The molecule has 0 spiro atoms. The molecular weight excluding hydrogens is 360 g/mol. The van der Waals surface area contributed by atoms with E-state index in [-0.39, 0.29) is 17.7 Å². The maximum Gasteiger partial charge on any atom is 0.229 e. The van der Waals surface area contributed by atoms with Gasteiger partial charge in [-0.15, -0.1) is 0 Å². The zero-order valence-electron chi connectivity index (χ0n) is 16.9. The van der Waals surface area contributed by atoms with Crippen LogP contribution in [0.1, 0.15) is 31.4 Å². The number of rotatable bonds is 4. The highest BCUT2D eigenvalue weighted by atomic mass is 16.2. The van der Waals surface area contributed by atoms with E-state index in [2.05, 4.69) is 23.5 Å². The van der Waals surface area contributed by atoms with E-state index < -0.39 is 0 Å². The number of carbonyl (C=O) groups is 2. The van der Waals surface area contributed by atoms with Gasteiger partial charge in [0.1, 0.15) is 0 Å². The number of fused-ring (bicyclic) bond motifs is 2. The van der Waals surface area contributed by atoms with Crippen molar-refractivity contribution in [2.75, 3.05) is 16.8 Å². The van der Waals surface area contributed by atoms with Crippen LogP contribution >= 0.6 is 0 Å². The van der Waals surface area contributed by atoms with Crippen LogP contribution in [0.25, 0.3) is 10.8 Å². The minimum absolute atomic E-state index is 0.0268. The molecule has 1 aliphatic heterocycles. The molecule has 1 heterocycles. The highest BCUT2D eigenvalue weighted by Gasteiger charge is 2.24. The second kappa shape index (κ2) is 8.08. The van der Waals surface area contributed by atoms with Gasteiger partial charge in [0.05, 0.1) is 6.42 Å². The molecule has 0 aromatic heterocycles. The predicted molar refractivity (Wildman–Crippen MR) is 118 cm³/mol. The minimum Gasteiger partial charge on any atom is -0.326 e. The first kappa shape index (κ1) is 19.2. The number of carbonyl (C=O) groups excluding carboxylic acids is 2. The van der Waals surface area contributed by atoms with Crippen LogP contribution in [-0.2, 0) is 22.4 Å². The molecule has 4 heteroatoms. The first-order valence-corrected chi connectivity index (χ1v) is 10.2. The normalized spacial score (nSPS) is 13.4. The Labute approximate surface area is 171 Å². The Morgan fingerprint density at radius 1 is 1.03 bits per heavy atom. The lowest BCUT2D eigenvalue weighted by molar-refractivity contribution is -0.121. The van der Waals surface area contributed by atoms with Gasteiger partial charge in [-0.25, -0.2) is 0 Å². The van der Waals surface area contributed by atoms with Crippen LogP contribution < -0.4 is 10.2 Å². The summed E-state index contributed by atoms with van der Waals surface area (Å²) in [6, 6.07) is 20.0. The SMILES string of the molecule is CC(C)C(=O)N1CCCc2cc(NC(=O)Cc3cccc4ccccc34)ccc21. The van der Waals surface area contributed by atoms with Gasteiger partial charge in [0.2, 0.25) is 11.8 Å². The lowest BCUT2D eigenvalue weighted by atomic mass is 9.99. The maximum atomic E-state index is 12.7. The summed E-state index contributed by atoms with van der Waals surface area (Å²) in [7, 11) is 0. The van der Waals surface area contributed by atoms with Gasteiger partial charge in [0.15, 0.2) is 0 Å².